The van der Waals surface area contributed by atoms with E-state index >= 15 is 0 Å². The molecule has 3 heteroatoms. The average Bonchev–Trinajstić information content (AvgIpc) is 1.99. The molecule has 1 N–H and O–H groups in total. The minimum atomic E-state index is -0.0625. The Morgan fingerprint density at radius 1 is 1.56 bits per heavy atom. The van der Waals surface area contributed by atoms with Crippen molar-refractivity contribution in [3.63, 3.8) is 0 Å². The van der Waals surface area contributed by atoms with Crippen LogP contribution in [0.2, 0.25) is 0 Å². The monoisotopic (exact) mass is 145 g/mol. The van der Waals surface area contributed by atoms with Gasteiger partial charge in [-0.3, -0.25) is 4.79 Å². The quantitative estimate of drug-likeness (QED) is 0.480. The standard InChI is InChI=1S/C6H11NOS/c8-6-5(9)3-1-2-4-7-6/h5,9H,1-4H2,(H,7,8). The average molecular weight is 145 g/mol. The highest BCUT2D eigenvalue weighted by Crippen LogP contribution is 2.09. The molecule has 0 aromatic heterocycles. The minimum absolute atomic E-state index is 0.0625. The van der Waals surface area contributed by atoms with Gasteiger partial charge in [-0.15, -0.1) is 0 Å². The van der Waals surface area contributed by atoms with Gasteiger partial charge in [-0.2, -0.15) is 12.6 Å². The van der Waals surface area contributed by atoms with Crippen LogP contribution in [0.1, 0.15) is 19.3 Å². The molecule has 1 heterocycles. The third kappa shape index (κ3) is 1.90. The molecule has 0 aromatic carbocycles. The largest absolute Gasteiger partial charge is 0.355 e. The van der Waals surface area contributed by atoms with Crippen LogP contribution < -0.4 is 5.32 Å². The zero-order valence-corrected chi connectivity index (χ0v) is 6.16. The fraction of sp³-hybridized carbons (Fsp3) is 0.833. The number of rotatable bonds is 0. The van der Waals surface area contributed by atoms with E-state index in [0.29, 0.717) is 0 Å². The summed E-state index contributed by atoms with van der Waals surface area (Å²) in [5.74, 6) is 0.0934. The van der Waals surface area contributed by atoms with Gasteiger partial charge in [0.2, 0.25) is 5.91 Å². The second-order valence-corrected chi connectivity index (χ2v) is 2.93. The zero-order chi connectivity index (χ0) is 6.69. The first-order valence-electron chi connectivity index (χ1n) is 3.26. The molecule has 9 heavy (non-hydrogen) atoms. The van der Waals surface area contributed by atoms with Crippen molar-refractivity contribution in [2.45, 2.75) is 24.5 Å². The second-order valence-electron chi connectivity index (χ2n) is 2.30. The molecular weight excluding hydrogens is 134 g/mol. The Hall–Kier alpha value is -0.180. The molecule has 0 spiro atoms. The number of hydrogen-bond donors (Lipinski definition) is 2. The van der Waals surface area contributed by atoms with Gasteiger partial charge >= 0.3 is 0 Å². The Balaban J connectivity index is 2.41. The Kier molecular flexibility index (Phi) is 2.39. The lowest BCUT2D eigenvalue weighted by Gasteiger charge is -2.02. The molecule has 1 aliphatic rings. The lowest BCUT2D eigenvalue weighted by atomic mass is 10.2. The van der Waals surface area contributed by atoms with E-state index in [9.17, 15) is 4.79 Å². The SMILES string of the molecule is O=C1NCCCCC1S. The molecule has 1 amide bonds. The number of carbonyl (C=O) groups is 1. The molecule has 1 fully saturated rings. The fourth-order valence-corrected chi connectivity index (χ4v) is 1.20. The lowest BCUT2D eigenvalue weighted by molar-refractivity contribution is -0.120. The van der Waals surface area contributed by atoms with E-state index in [4.69, 9.17) is 0 Å². The van der Waals surface area contributed by atoms with Crippen molar-refractivity contribution in [1.29, 1.82) is 0 Å². The van der Waals surface area contributed by atoms with Crippen molar-refractivity contribution in [1.82, 2.24) is 5.32 Å². The molecule has 1 rings (SSSR count). The molecule has 52 valence electrons. The van der Waals surface area contributed by atoms with E-state index in [2.05, 4.69) is 17.9 Å². The summed E-state index contributed by atoms with van der Waals surface area (Å²) in [6.07, 6.45) is 3.14. The van der Waals surface area contributed by atoms with Gasteiger partial charge in [-0.05, 0) is 12.8 Å². The zero-order valence-electron chi connectivity index (χ0n) is 5.26. The maximum Gasteiger partial charge on any atom is 0.232 e. The summed E-state index contributed by atoms with van der Waals surface area (Å²) in [7, 11) is 0. The number of carbonyl (C=O) groups excluding carboxylic acids is 1. The van der Waals surface area contributed by atoms with Crippen LogP contribution in [-0.4, -0.2) is 17.7 Å². The fourth-order valence-electron chi connectivity index (χ4n) is 0.923. The van der Waals surface area contributed by atoms with Gasteiger partial charge < -0.3 is 5.32 Å². The molecule has 0 radical (unpaired) electrons. The van der Waals surface area contributed by atoms with Crippen molar-refractivity contribution in [3.05, 3.63) is 0 Å². The van der Waals surface area contributed by atoms with Crippen molar-refractivity contribution >= 4 is 18.5 Å². The maximum atomic E-state index is 10.8. The van der Waals surface area contributed by atoms with Crippen LogP contribution in [0.5, 0.6) is 0 Å². The van der Waals surface area contributed by atoms with Gasteiger partial charge in [0.15, 0.2) is 0 Å². The summed E-state index contributed by atoms with van der Waals surface area (Å²) in [5, 5.41) is 2.72. The third-order valence-corrected chi connectivity index (χ3v) is 2.00. The van der Waals surface area contributed by atoms with Gasteiger partial charge in [-0.25, -0.2) is 0 Å². The highest BCUT2D eigenvalue weighted by Gasteiger charge is 2.15. The van der Waals surface area contributed by atoms with E-state index in [-0.39, 0.29) is 11.2 Å². The van der Waals surface area contributed by atoms with E-state index < -0.39 is 0 Å². The number of nitrogens with one attached hydrogen (secondary N) is 1. The summed E-state index contributed by atoms with van der Waals surface area (Å²) < 4.78 is 0. The third-order valence-electron chi connectivity index (χ3n) is 1.51. The van der Waals surface area contributed by atoms with Crippen LogP contribution in [0.4, 0.5) is 0 Å². The smallest absolute Gasteiger partial charge is 0.232 e. The minimum Gasteiger partial charge on any atom is -0.355 e. The van der Waals surface area contributed by atoms with Crippen LogP contribution in [-0.2, 0) is 4.79 Å². The topological polar surface area (TPSA) is 29.1 Å². The first-order chi connectivity index (χ1) is 4.30. The van der Waals surface area contributed by atoms with Gasteiger partial charge in [0.25, 0.3) is 0 Å². The Morgan fingerprint density at radius 3 is 3.11 bits per heavy atom. The number of amides is 1. The van der Waals surface area contributed by atoms with Gasteiger partial charge in [0.05, 0.1) is 5.25 Å². The molecule has 1 atom stereocenters. The van der Waals surface area contributed by atoms with E-state index in [1.807, 2.05) is 0 Å². The molecule has 2 nitrogen and oxygen atoms in total. The van der Waals surface area contributed by atoms with Crippen LogP contribution >= 0.6 is 12.6 Å². The Bertz CT molecular complexity index is 116. The highest BCUT2D eigenvalue weighted by molar-refractivity contribution is 7.81. The van der Waals surface area contributed by atoms with Gasteiger partial charge in [0, 0.05) is 6.54 Å². The predicted molar refractivity (Wildman–Crippen MR) is 39.6 cm³/mol. The van der Waals surface area contributed by atoms with Crippen molar-refractivity contribution in [2.24, 2.45) is 0 Å². The first-order valence-corrected chi connectivity index (χ1v) is 3.78. The maximum absolute atomic E-state index is 10.8. The second kappa shape index (κ2) is 3.11. The molecular formula is C6H11NOS. The molecule has 0 aromatic rings. The Labute approximate surface area is 60.4 Å². The van der Waals surface area contributed by atoms with Crippen LogP contribution in [0.25, 0.3) is 0 Å². The molecule has 0 saturated carbocycles. The summed E-state index contributed by atoms with van der Waals surface area (Å²) in [6, 6.07) is 0. The molecule has 1 unspecified atom stereocenters. The van der Waals surface area contributed by atoms with Gasteiger partial charge in [0.1, 0.15) is 0 Å². The number of hydrogen-bond acceptors (Lipinski definition) is 2. The Morgan fingerprint density at radius 2 is 2.33 bits per heavy atom. The van der Waals surface area contributed by atoms with Crippen molar-refractivity contribution in [2.75, 3.05) is 6.54 Å². The first kappa shape index (κ1) is 6.93. The van der Waals surface area contributed by atoms with E-state index in [1.54, 1.807) is 0 Å². The number of thiol groups is 1. The molecule has 0 aliphatic carbocycles. The van der Waals surface area contributed by atoms with E-state index in [1.165, 1.54) is 0 Å². The lowest BCUT2D eigenvalue weighted by Crippen LogP contribution is -2.29. The normalized spacial score (nSPS) is 29.0. The predicted octanol–water partition coefficient (Wildman–Crippen LogP) is 0.585. The highest BCUT2D eigenvalue weighted by atomic mass is 32.1. The molecule has 0 bridgehead atoms. The summed E-state index contributed by atoms with van der Waals surface area (Å²) in [4.78, 5) is 10.8. The molecule has 1 saturated heterocycles. The van der Waals surface area contributed by atoms with Crippen LogP contribution in [0.15, 0.2) is 0 Å². The van der Waals surface area contributed by atoms with E-state index in [0.717, 1.165) is 25.8 Å². The summed E-state index contributed by atoms with van der Waals surface area (Å²) >= 11 is 4.11. The van der Waals surface area contributed by atoms with Crippen molar-refractivity contribution < 1.29 is 4.79 Å². The summed E-state index contributed by atoms with van der Waals surface area (Å²) in [5.41, 5.74) is 0. The van der Waals surface area contributed by atoms with Crippen LogP contribution in [0, 0.1) is 0 Å². The molecule has 1 aliphatic heterocycles. The van der Waals surface area contributed by atoms with Crippen molar-refractivity contribution in [3.8, 4) is 0 Å². The van der Waals surface area contributed by atoms with Gasteiger partial charge in [-0.1, -0.05) is 6.42 Å². The van der Waals surface area contributed by atoms with Crippen LogP contribution in [0.3, 0.4) is 0 Å². The summed E-state index contributed by atoms with van der Waals surface area (Å²) in [6.45, 7) is 0.829.